The molecule has 5 heterocycles. The Labute approximate surface area is 267 Å². The van der Waals surface area contributed by atoms with Gasteiger partial charge in [-0.15, -0.1) is 0 Å². The number of aliphatic hydroxyl groups is 3. The highest BCUT2D eigenvalue weighted by Gasteiger charge is 2.51. The molecule has 10 atom stereocenters. The van der Waals surface area contributed by atoms with Crippen molar-refractivity contribution in [3.05, 3.63) is 47.1 Å². The van der Waals surface area contributed by atoms with E-state index in [1.165, 1.54) is 23.4 Å². The number of hydrogen-bond donors (Lipinski definition) is 9. The van der Waals surface area contributed by atoms with E-state index in [2.05, 4.69) is 32.8 Å². The van der Waals surface area contributed by atoms with E-state index in [4.69, 9.17) is 15.2 Å². The minimum Gasteiger partial charge on any atom is -0.387 e. The molecule has 0 radical (unpaired) electrons. The molecule has 10 unspecified atom stereocenters. The third-order valence-electron chi connectivity index (χ3n) is 7.09. The second kappa shape index (κ2) is 13.9. The second-order valence-corrected chi connectivity index (χ2v) is 14.6. The normalized spacial score (nSPS) is 31.9. The molecule has 3 aliphatic rings. The van der Waals surface area contributed by atoms with E-state index in [1.807, 2.05) is 0 Å². The maximum absolute atomic E-state index is 12.5. The Morgan fingerprint density at radius 3 is 2.23 bits per heavy atom. The maximum atomic E-state index is 12.5. The number of amides is 1. The second-order valence-electron chi connectivity index (χ2n) is 10.4. The third kappa shape index (κ3) is 8.17. The van der Waals surface area contributed by atoms with Crippen molar-refractivity contribution >= 4 is 40.5 Å². The molecule has 0 bridgehead atoms. The number of phosphoric acid groups is 3. The highest BCUT2D eigenvalue weighted by Crippen LogP contribution is 2.61. The van der Waals surface area contributed by atoms with Crippen LogP contribution in [0.25, 0.3) is 11.2 Å². The number of aromatic nitrogens is 4. The molecule has 0 aromatic carbocycles. The summed E-state index contributed by atoms with van der Waals surface area (Å²) >= 11 is 0. The molecule has 0 spiro atoms. The van der Waals surface area contributed by atoms with Crippen LogP contribution in [0, 0.1) is 0 Å². The molecule has 2 aromatic heterocycles. The number of hydrogen-bond acceptors (Lipinski definition) is 17. The van der Waals surface area contributed by atoms with Crippen LogP contribution in [0.1, 0.15) is 12.6 Å². The highest BCUT2D eigenvalue weighted by atomic mass is 31.3. The lowest BCUT2D eigenvalue weighted by molar-refractivity contribution is -0.115. The maximum Gasteiger partial charge on any atom is 0.481 e. The van der Waals surface area contributed by atoms with Gasteiger partial charge >= 0.3 is 23.5 Å². The van der Waals surface area contributed by atoms with Crippen LogP contribution in [0.5, 0.6) is 0 Å². The van der Waals surface area contributed by atoms with Crippen LogP contribution in [-0.2, 0) is 45.8 Å². The van der Waals surface area contributed by atoms with Crippen LogP contribution >= 0.6 is 23.5 Å². The molecule has 2 saturated heterocycles. The fourth-order valence-corrected chi connectivity index (χ4v) is 7.56. The molecule has 0 aliphatic carbocycles. The summed E-state index contributed by atoms with van der Waals surface area (Å²) < 4.78 is 66.9. The number of carbonyl (C=O) groups excluding carboxylic acids is 1. The molecule has 48 heavy (non-hydrogen) atoms. The Morgan fingerprint density at radius 1 is 0.979 bits per heavy atom. The number of ether oxygens (including phenoxy) is 2. The van der Waals surface area contributed by atoms with Crippen molar-refractivity contribution in [3.63, 3.8) is 0 Å². The summed E-state index contributed by atoms with van der Waals surface area (Å²) in [6.07, 6.45) is -6.89. The van der Waals surface area contributed by atoms with Crippen LogP contribution in [0.2, 0.25) is 0 Å². The van der Waals surface area contributed by atoms with Gasteiger partial charge in [0.2, 0.25) is 5.91 Å². The number of aromatic amines is 1. The number of nitrogens with two attached hydrogens (primary N) is 1. The van der Waals surface area contributed by atoms with Crippen molar-refractivity contribution in [1.29, 1.82) is 0 Å². The SMILES string of the molecule is NC(=O)C1=CN(C2OC(COP(=O)(O)OP(=O)(O)OCC3OC(n4cnc5c(=O)[nH]cnc54)C(OP(=O)(O)O)C3O)C(O)C2O)C=CC1. The number of nitrogens with one attached hydrogen (secondary N) is 1. The monoisotopic (exact) mass is 746 g/mol. The zero-order valence-corrected chi connectivity index (χ0v) is 26.6. The average Bonchev–Trinajstić information content (AvgIpc) is 3.64. The zero-order chi connectivity index (χ0) is 35.2. The topological polar surface area (TPSA) is 358 Å². The number of fused-ring (bicyclic) bond motifs is 1. The van der Waals surface area contributed by atoms with Gasteiger partial charge in [-0.25, -0.2) is 23.7 Å². The Bertz CT molecular complexity index is 1790. The fraction of sp³-hybridized carbons (Fsp3) is 0.524. The summed E-state index contributed by atoms with van der Waals surface area (Å²) in [5.74, 6) is -0.740. The van der Waals surface area contributed by atoms with Crippen LogP contribution < -0.4 is 11.3 Å². The molecule has 2 aromatic rings. The van der Waals surface area contributed by atoms with Crippen molar-refractivity contribution in [3.8, 4) is 0 Å². The summed E-state index contributed by atoms with van der Waals surface area (Å²) in [4.78, 5) is 73.7. The number of primary amides is 1. The molecule has 27 heteroatoms. The molecular weight excluding hydrogens is 717 g/mol. The largest absolute Gasteiger partial charge is 0.481 e. The van der Waals surface area contributed by atoms with Crippen LogP contribution in [0.3, 0.4) is 0 Å². The van der Waals surface area contributed by atoms with E-state index in [0.29, 0.717) is 0 Å². The number of carbonyl (C=O) groups is 1. The molecule has 10 N–H and O–H groups in total. The minimum atomic E-state index is -5.54. The average molecular weight is 746 g/mol. The lowest BCUT2D eigenvalue weighted by atomic mass is 10.1. The Morgan fingerprint density at radius 2 is 1.60 bits per heavy atom. The molecule has 1 amide bonds. The smallest absolute Gasteiger partial charge is 0.387 e. The summed E-state index contributed by atoms with van der Waals surface area (Å²) in [7, 11) is -16.3. The van der Waals surface area contributed by atoms with Crippen molar-refractivity contribution < 1.29 is 80.7 Å². The number of imidazole rings is 1. The molecular formula is C21H29N6O18P3. The summed E-state index contributed by atoms with van der Waals surface area (Å²) in [5.41, 5.74) is 4.38. The van der Waals surface area contributed by atoms with Crippen molar-refractivity contribution in [2.24, 2.45) is 5.73 Å². The van der Waals surface area contributed by atoms with Gasteiger partial charge in [0.1, 0.15) is 36.6 Å². The van der Waals surface area contributed by atoms with Gasteiger partial charge in [0.05, 0.1) is 25.9 Å². The quantitative estimate of drug-likeness (QED) is 0.0931. The molecule has 3 aliphatic heterocycles. The number of nitrogens with zero attached hydrogens (tertiary/aromatic N) is 4. The summed E-state index contributed by atoms with van der Waals surface area (Å²) in [6, 6.07) is 0. The number of phosphoric ester groups is 3. The summed E-state index contributed by atoms with van der Waals surface area (Å²) in [5, 5.41) is 31.5. The van der Waals surface area contributed by atoms with E-state index in [1.54, 1.807) is 0 Å². The van der Waals surface area contributed by atoms with Gasteiger partial charge < -0.3 is 60.0 Å². The van der Waals surface area contributed by atoms with Gasteiger partial charge in [-0.1, -0.05) is 6.08 Å². The fourth-order valence-electron chi connectivity index (χ4n) is 4.93. The van der Waals surface area contributed by atoms with Gasteiger partial charge in [-0.05, 0) is 6.42 Å². The van der Waals surface area contributed by atoms with E-state index in [0.717, 1.165) is 17.2 Å². The predicted molar refractivity (Wildman–Crippen MR) is 151 cm³/mol. The van der Waals surface area contributed by atoms with Crippen molar-refractivity contribution in [2.45, 2.75) is 55.5 Å². The molecule has 24 nitrogen and oxygen atoms in total. The van der Waals surface area contributed by atoms with Crippen LogP contribution in [0.15, 0.2) is 41.5 Å². The summed E-state index contributed by atoms with van der Waals surface area (Å²) in [6.45, 7) is -2.06. The molecule has 0 saturated carbocycles. The van der Waals surface area contributed by atoms with E-state index >= 15 is 0 Å². The number of H-pyrrole nitrogens is 1. The van der Waals surface area contributed by atoms with E-state index in [9.17, 15) is 58.2 Å². The Balaban J connectivity index is 1.20. The Hall–Kier alpha value is -2.73. The van der Waals surface area contributed by atoms with Gasteiger partial charge in [-0.2, -0.15) is 4.31 Å². The van der Waals surface area contributed by atoms with Crippen LogP contribution in [0.4, 0.5) is 0 Å². The first kappa shape index (κ1) is 36.5. The lowest BCUT2D eigenvalue weighted by Gasteiger charge is -2.28. The number of allylic oxidation sites excluding steroid dienone is 1. The minimum absolute atomic E-state index is 0.152. The lowest BCUT2D eigenvalue weighted by Crippen LogP contribution is -2.40. The van der Waals surface area contributed by atoms with Gasteiger partial charge in [-0.3, -0.25) is 27.7 Å². The number of rotatable bonds is 13. The third-order valence-corrected chi connectivity index (χ3v) is 10.2. The first-order valence-electron chi connectivity index (χ1n) is 13.5. The van der Waals surface area contributed by atoms with Gasteiger partial charge in [0.15, 0.2) is 23.6 Å². The molecule has 266 valence electrons. The van der Waals surface area contributed by atoms with Crippen molar-refractivity contribution in [1.82, 2.24) is 24.4 Å². The first-order valence-corrected chi connectivity index (χ1v) is 18.0. The standard InChI is InChI=1S/C21H29N6O18P3/c22-17(31)9-2-1-3-26(4-9)20-15(30)13(28)10(42-20)5-40-47(36,37)45-48(38,39)41-6-11-14(29)16(44-46(33,34)35)21(43-11)27-8-25-12-18(27)23-7-24-19(12)32/h1,3-4,7-8,10-11,13-16,20-21,28-30H,2,5-6H2,(H2,22,31)(H,36,37)(H,38,39)(H,23,24,32)(H2,33,34,35). The van der Waals surface area contributed by atoms with Crippen LogP contribution in [-0.4, -0.2) is 121 Å². The highest BCUT2D eigenvalue weighted by molar-refractivity contribution is 7.61. The van der Waals surface area contributed by atoms with E-state index in [-0.39, 0.29) is 23.2 Å². The Kier molecular flexibility index (Phi) is 10.6. The first-order chi connectivity index (χ1) is 22.4. The van der Waals surface area contributed by atoms with Crippen molar-refractivity contribution in [2.75, 3.05) is 13.2 Å². The predicted octanol–water partition coefficient (Wildman–Crippen LogP) is -2.86. The zero-order valence-electron chi connectivity index (χ0n) is 24.0. The van der Waals surface area contributed by atoms with Gasteiger partial charge in [0.25, 0.3) is 5.56 Å². The van der Waals surface area contributed by atoms with Gasteiger partial charge in [0, 0.05) is 18.0 Å². The molecule has 5 rings (SSSR count). The number of aliphatic hydroxyl groups excluding tert-OH is 3. The van der Waals surface area contributed by atoms with E-state index < -0.39 is 97.2 Å². The molecule has 2 fully saturated rings.